The van der Waals surface area contributed by atoms with Crippen LogP contribution in [0.2, 0.25) is 0 Å². The zero-order valence-electron chi connectivity index (χ0n) is 6.93. The lowest BCUT2D eigenvalue weighted by molar-refractivity contribution is -0.145. The van der Waals surface area contributed by atoms with Crippen LogP contribution in [0, 0.1) is 0 Å². The number of alkyl halides is 2. The number of aliphatic hydroxyl groups is 2. The van der Waals surface area contributed by atoms with Crippen molar-refractivity contribution in [2.24, 2.45) is 0 Å². The summed E-state index contributed by atoms with van der Waals surface area (Å²) in [6, 6.07) is 0. The molecule has 0 aliphatic rings. The van der Waals surface area contributed by atoms with Crippen LogP contribution in [0.25, 0.3) is 0 Å². The molecule has 0 rings (SSSR count). The maximum atomic E-state index is 9.72. The van der Waals surface area contributed by atoms with E-state index in [0.717, 1.165) is 0 Å². The van der Waals surface area contributed by atoms with Crippen molar-refractivity contribution in [3.63, 3.8) is 0 Å². The van der Waals surface area contributed by atoms with Gasteiger partial charge in [-0.25, -0.2) is 4.79 Å². The molecule has 0 saturated heterocycles. The summed E-state index contributed by atoms with van der Waals surface area (Å²) in [5, 5.41) is 32.3. The van der Waals surface area contributed by atoms with Gasteiger partial charge in [0.1, 0.15) is 4.83 Å². The Morgan fingerprint density at radius 1 is 1.21 bits per heavy atom. The quantitative estimate of drug-likeness (QED) is 0.521. The van der Waals surface area contributed by atoms with Gasteiger partial charge in [-0.05, 0) is 0 Å². The number of halogens is 2. The van der Waals surface area contributed by atoms with Gasteiger partial charge in [0.15, 0.2) is 6.10 Å². The van der Waals surface area contributed by atoms with E-state index in [4.69, 9.17) is 20.4 Å². The highest BCUT2D eigenvalue weighted by molar-refractivity contribution is 9.10. The number of aliphatic carboxylic acids is 2. The van der Waals surface area contributed by atoms with Gasteiger partial charge in [0.2, 0.25) is 0 Å². The number of aliphatic hydroxyl groups excluding tert-OH is 2. The van der Waals surface area contributed by atoms with Crippen molar-refractivity contribution in [3.05, 3.63) is 0 Å². The van der Waals surface area contributed by atoms with Gasteiger partial charge >= 0.3 is 11.9 Å². The van der Waals surface area contributed by atoms with Crippen molar-refractivity contribution < 1.29 is 30.0 Å². The van der Waals surface area contributed by atoms with Crippen molar-refractivity contribution in [3.8, 4) is 0 Å². The van der Waals surface area contributed by atoms with E-state index in [1.165, 1.54) is 0 Å². The first-order valence-electron chi connectivity index (χ1n) is 3.31. The third-order valence-electron chi connectivity index (χ3n) is 0.859. The van der Waals surface area contributed by atoms with Crippen LogP contribution in [-0.2, 0) is 9.59 Å². The van der Waals surface area contributed by atoms with Crippen LogP contribution >= 0.6 is 31.9 Å². The minimum atomic E-state index is -1.26. The Morgan fingerprint density at radius 3 is 1.64 bits per heavy atom. The van der Waals surface area contributed by atoms with Gasteiger partial charge < -0.3 is 20.4 Å². The Morgan fingerprint density at radius 2 is 1.64 bits per heavy atom. The molecule has 2 atom stereocenters. The van der Waals surface area contributed by atoms with E-state index >= 15 is 0 Å². The second kappa shape index (κ2) is 9.38. The summed E-state index contributed by atoms with van der Waals surface area (Å²) in [7, 11) is 0. The van der Waals surface area contributed by atoms with E-state index in [1.54, 1.807) is 0 Å². The van der Waals surface area contributed by atoms with Crippen LogP contribution < -0.4 is 0 Å². The average molecular weight is 338 g/mol. The van der Waals surface area contributed by atoms with Crippen molar-refractivity contribution in [2.75, 3.05) is 11.9 Å². The van der Waals surface area contributed by atoms with Gasteiger partial charge in [-0.1, -0.05) is 31.9 Å². The van der Waals surface area contributed by atoms with E-state index in [-0.39, 0.29) is 11.9 Å². The van der Waals surface area contributed by atoms with Crippen molar-refractivity contribution in [2.45, 2.75) is 10.9 Å². The largest absolute Gasteiger partial charge is 0.480 e. The summed E-state index contributed by atoms with van der Waals surface area (Å²) in [6.45, 7) is -0.366. The lowest BCUT2D eigenvalue weighted by atomic mass is 10.4. The second-order valence-corrected chi connectivity index (χ2v) is 3.75. The van der Waals surface area contributed by atoms with E-state index < -0.39 is 22.9 Å². The molecular formula is C6H10Br2O6. The molecule has 0 fully saturated rings. The molecule has 6 nitrogen and oxygen atoms in total. The van der Waals surface area contributed by atoms with Crippen molar-refractivity contribution >= 4 is 43.8 Å². The molecule has 4 N–H and O–H groups in total. The number of carboxylic acid groups (broad SMARTS) is 2. The van der Waals surface area contributed by atoms with Gasteiger partial charge in [-0.15, -0.1) is 0 Å². The normalized spacial score (nSPS) is 13.4. The molecule has 0 aromatic rings. The SMILES string of the molecule is O=C(O)C(Br)CO.O=C(O)C(O)CBr. The third kappa shape index (κ3) is 9.90. The molecule has 0 aromatic carbocycles. The van der Waals surface area contributed by atoms with Crippen LogP contribution in [-0.4, -0.2) is 55.2 Å². The molecule has 8 heteroatoms. The Kier molecular flexibility index (Phi) is 10.9. The summed E-state index contributed by atoms with van der Waals surface area (Å²) >= 11 is 5.48. The van der Waals surface area contributed by atoms with Gasteiger partial charge in [0.25, 0.3) is 0 Å². The zero-order chi connectivity index (χ0) is 11.7. The predicted molar refractivity (Wildman–Crippen MR) is 54.9 cm³/mol. The maximum Gasteiger partial charge on any atom is 0.333 e. The van der Waals surface area contributed by atoms with E-state index in [9.17, 15) is 9.59 Å². The molecule has 0 bridgehead atoms. The number of carbonyl (C=O) groups is 2. The lowest BCUT2D eigenvalue weighted by Gasteiger charge is -1.94. The maximum absolute atomic E-state index is 9.72. The predicted octanol–water partition coefficient (Wildman–Crippen LogP) is -0.346. The fourth-order valence-corrected chi connectivity index (χ4v) is 0.421. The van der Waals surface area contributed by atoms with E-state index in [2.05, 4.69) is 31.9 Å². The Hall–Kier alpha value is -0.180. The van der Waals surface area contributed by atoms with Gasteiger partial charge in [0, 0.05) is 5.33 Å². The topological polar surface area (TPSA) is 115 Å². The molecule has 0 amide bonds. The fraction of sp³-hybridized carbons (Fsp3) is 0.667. The van der Waals surface area contributed by atoms with Crippen molar-refractivity contribution in [1.82, 2.24) is 0 Å². The first kappa shape index (κ1) is 16.3. The molecule has 0 heterocycles. The number of hydrogen-bond donors (Lipinski definition) is 4. The Labute approximate surface area is 96.8 Å². The molecule has 84 valence electrons. The lowest BCUT2D eigenvalue weighted by Crippen LogP contribution is -2.20. The highest BCUT2D eigenvalue weighted by atomic mass is 79.9. The first-order valence-corrected chi connectivity index (χ1v) is 5.35. The summed E-state index contributed by atoms with van der Waals surface area (Å²) in [6.07, 6.45) is -1.26. The summed E-state index contributed by atoms with van der Waals surface area (Å²) in [5.41, 5.74) is 0. The molecule has 0 saturated carbocycles. The van der Waals surface area contributed by atoms with Crippen LogP contribution in [0.4, 0.5) is 0 Å². The smallest absolute Gasteiger partial charge is 0.333 e. The van der Waals surface area contributed by atoms with Gasteiger partial charge in [0.05, 0.1) is 6.61 Å². The zero-order valence-corrected chi connectivity index (χ0v) is 10.1. The van der Waals surface area contributed by atoms with Crippen LogP contribution in [0.1, 0.15) is 0 Å². The fourth-order valence-electron chi connectivity index (χ4n) is 0.144. The summed E-state index contributed by atoms with van der Waals surface area (Å²) in [5.74, 6) is -2.24. The minimum absolute atomic E-state index is 0.0856. The molecule has 0 aromatic heterocycles. The van der Waals surface area contributed by atoms with Crippen LogP contribution in [0.3, 0.4) is 0 Å². The summed E-state index contributed by atoms with van der Waals surface area (Å²) < 4.78 is 0. The number of hydrogen-bond acceptors (Lipinski definition) is 4. The van der Waals surface area contributed by atoms with E-state index in [1.807, 2.05) is 0 Å². The number of carboxylic acids is 2. The second-order valence-electron chi connectivity index (χ2n) is 2.00. The van der Waals surface area contributed by atoms with Crippen LogP contribution in [0.5, 0.6) is 0 Å². The monoisotopic (exact) mass is 336 g/mol. The molecular weight excluding hydrogens is 328 g/mol. The van der Waals surface area contributed by atoms with E-state index in [0.29, 0.717) is 0 Å². The molecule has 0 aliphatic carbocycles. The van der Waals surface area contributed by atoms with Crippen LogP contribution in [0.15, 0.2) is 0 Å². The standard InChI is InChI=1S/2C3H5BrO3/c4-2(1-5)3(6)7;4-1-2(5)3(6)7/h2*2,5H,1H2,(H,6,7). The Bertz CT molecular complexity index is 165. The number of rotatable bonds is 4. The van der Waals surface area contributed by atoms with Crippen molar-refractivity contribution in [1.29, 1.82) is 0 Å². The highest BCUT2D eigenvalue weighted by Crippen LogP contribution is 1.95. The molecule has 0 spiro atoms. The summed E-state index contributed by atoms with van der Waals surface area (Å²) in [4.78, 5) is 18.6. The van der Waals surface area contributed by atoms with Gasteiger partial charge in [-0.2, -0.15) is 0 Å². The Balaban J connectivity index is 0. The average Bonchev–Trinajstić information content (AvgIpc) is 2.15. The minimum Gasteiger partial charge on any atom is -0.480 e. The molecule has 0 aliphatic heterocycles. The highest BCUT2D eigenvalue weighted by Gasteiger charge is 2.09. The van der Waals surface area contributed by atoms with Gasteiger partial charge in [-0.3, -0.25) is 4.79 Å². The molecule has 0 radical (unpaired) electrons. The first-order chi connectivity index (χ1) is 6.36. The third-order valence-corrected chi connectivity index (χ3v) is 2.15. The molecule has 2 unspecified atom stereocenters. The molecule has 14 heavy (non-hydrogen) atoms.